The van der Waals surface area contributed by atoms with Crippen molar-refractivity contribution in [2.45, 2.75) is 32.9 Å². The van der Waals surface area contributed by atoms with Gasteiger partial charge in [-0.05, 0) is 38.5 Å². The van der Waals surface area contributed by atoms with Gasteiger partial charge in [-0.25, -0.2) is 0 Å². The van der Waals surface area contributed by atoms with Crippen LogP contribution in [0.3, 0.4) is 0 Å². The number of aliphatic imine (C=N–C) groups is 1. The Balaban J connectivity index is 2.58. The molecule has 0 saturated heterocycles. The first kappa shape index (κ1) is 16.8. The van der Waals surface area contributed by atoms with E-state index < -0.39 is 5.91 Å². The molecule has 0 aromatic heterocycles. The van der Waals surface area contributed by atoms with Crippen molar-refractivity contribution in [3.05, 3.63) is 29.8 Å². The molecule has 0 spiro atoms. The maximum atomic E-state index is 10.7. The molecule has 6 nitrogen and oxygen atoms in total. The molecule has 0 aliphatic heterocycles. The first-order chi connectivity index (χ1) is 9.80. The zero-order valence-electron chi connectivity index (χ0n) is 13.1. The molecule has 4 N–H and O–H groups in total. The van der Waals surface area contributed by atoms with Crippen LogP contribution in [0, 0.1) is 0 Å². The molecular formula is C15H24N4O2. The number of nitrogens with one attached hydrogen (secondary N) is 2. The number of guanidine groups is 1. The molecule has 116 valence electrons. The van der Waals surface area contributed by atoms with Crippen molar-refractivity contribution in [1.29, 1.82) is 0 Å². The van der Waals surface area contributed by atoms with Gasteiger partial charge < -0.3 is 21.1 Å². The molecule has 0 fully saturated rings. The van der Waals surface area contributed by atoms with E-state index in [1.807, 2.05) is 18.2 Å². The van der Waals surface area contributed by atoms with Crippen molar-refractivity contribution >= 4 is 11.9 Å². The Hall–Kier alpha value is -2.24. The molecule has 1 rings (SSSR count). The number of hydrogen-bond acceptors (Lipinski definition) is 3. The van der Waals surface area contributed by atoms with Gasteiger partial charge in [0.1, 0.15) is 5.75 Å². The summed E-state index contributed by atoms with van der Waals surface area (Å²) in [6.07, 6.45) is 0. The van der Waals surface area contributed by atoms with Crippen molar-refractivity contribution in [2.75, 3.05) is 13.7 Å². The van der Waals surface area contributed by atoms with E-state index in [2.05, 4.69) is 36.4 Å². The zero-order valence-corrected chi connectivity index (χ0v) is 13.1. The van der Waals surface area contributed by atoms with E-state index >= 15 is 0 Å². The number of amides is 1. The van der Waals surface area contributed by atoms with Gasteiger partial charge in [0.15, 0.2) is 12.6 Å². The van der Waals surface area contributed by atoms with Crippen molar-refractivity contribution < 1.29 is 9.53 Å². The highest BCUT2D eigenvalue weighted by molar-refractivity contribution is 5.80. The van der Waals surface area contributed by atoms with E-state index in [1.54, 1.807) is 13.1 Å². The van der Waals surface area contributed by atoms with Gasteiger partial charge in [-0.15, -0.1) is 0 Å². The number of ether oxygens (including phenoxy) is 1. The Kier molecular flexibility index (Phi) is 6.02. The highest BCUT2D eigenvalue weighted by Gasteiger charge is 2.11. The molecule has 0 atom stereocenters. The molecule has 0 bridgehead atoms. The van der Waals surface area contributed by atoms with Crippen LogP contribution in [0.1, 0.15) is 26.3 Å². The summed E-state index contributed by atoms with van der Waals surface area (Å²) in [6, 6.07) is 7.48. The first-order valence-corrected chi connectivity index (χ1v) is 6.79. The molecule has 0 heterocycles. The Morgan fingerprint density at radius 2 is 2.10 bits per heavy atom. The summed E-state index contributed by atoms with van der Waals surface area (Å²) >= 11 is 0. The van der Waals surface area contributed by atoms with E-state index in [0.29, 0.717) is 12.3 Å². The summed E-state index contributed by atoms with van der Waals surface area (Å²) in [5, 5.41) is 6.50. The van der Waals surface area contributed by atoms with Crippen molar-refractivity contribution in [2.24, 2.45) is 10.7 Å². The van der Waals surface area contributed by atoms with Crippen LogP contribution in [-0.2, 0) is 11.3 Å². The molecule has 1 amide bonds. The summed E-state index contributed by atoms with van der Waals surface area (Å²) < 4.78 is 5.27. The number of nitrogens with zero attached hydrogens (tertiary/aromatic N) is 1. The topological polar surface area (TPSA) is 88.7 Å². The SMILES string of the molecule is CN=C(NCc1cccc(OCC(N)=O)c1)NC(C)(C)C. The number of nitrogens with two attached hydrogens (primary N) is 1. The minimum atomic E-state index is -0.492. The van der Waals surface area contributed by atoms with Gasteiger partial charge in [-0.2, -0.15) is 0 Å². The third-order valence-corrected chi connectivity index (χ3v) is 2.46. The fourth-order valence-corrected chi connectivity index (χ4v) is 1.62. The first-order valence-electron chi connectivity index (χ1n) is 6.79. The van der Waals surface area contributed by atoms with Crippen LogP contribution in [0.25, 0.3) is 0 Å². The van der Waals surface area contributed by atoms with E-state index in [1.165, 1.54) is 0 Å². The normalized spacial score (nSPS) is 11.9. The second-order valence-electron chi connectivity index (χ2n) is 5.70. The molecule has 0 unspecified atom stereocenters. The lowest BCUT2D eigenvalue weighted by Crippen LogP contribution is -2.47. The average molecular weight is 292 g/mol. The molecule has 0 radical (unpaired) electrons. The smallest absolute Gasteiger partial charge is 0.255 e. The maximum absolute atomic E-state index is 10.7. The van der Waals surface area contributed by atoms with Crippen molar-refractivity contribution in [3.8, 4) is 5.75 Å². The second-order valence-corrected chi connectivity index (χ2v) is 5.70. The quantitative estimate of drug-likeness (QED) is 0.558. The molecule has 0 aliphatic carbocycles. The summed E-state index contributed by atoms with van der Waals surface area (Å²) in [5.74, 6) is 0.853. The molecule has 1 aromatic carbocycles. The summed E-state index contributed by atoms with van der Waals surface area (Å²) in [6.45, 7) is 6.68. The number of benzene rings is 1. The summed E-state index contributed by atoms with van der Waals surface area (Å²) in [7, 11) is 1.73. The van der Waals surface area contributed by atoms with Crippen LogP contribution in [0.2, 0.25) is 0 Å². The van der Waals surface area contributed by atoms with E-state index in [-0.39, 0.29) is 12.1 Å². The molecule has 6 heteroatoms. The van der Waals surface area contributed by atoms with E-state index in [4.69, 9.17) is 10.5 Å². The molecule has 0 saturated carbocycles. The minimum Gasteiger partial charge on any atom is -0.484 e. The van der Waals surface area contributed by atoms with Crippen LogP contribution in [0.15, 0.2) is 29.3 Å². The number of primary amides is 1. The predicted octanol–water partition coefficient (Wildman–Crippen LogP) is 1.01. The van der Waals surface area contributed by atoms with Gasteiger partial charge in [0, 0.05) is 19.1 Å². The van der Waals surface area contributed by atoms with Gasteiger partial charge in [0.2, 0.25) is 0 Å². The van der Waals surface area contributed by atoms with Crippen molar-refractivity contribution in [3.63, 3.8) is 0 Å². The van der Waals surface area contributed by atoms with Crippen LogP contribution in [0.4, 0.5) is 0 Å². The highest BCUT2D eigenvalue weighted by atomic mass is 16.5. The van der Waals surface area contributed by atoms with E-state index in [9.17, 15) is 4.79 Å². The summed E-state index contributed by atoms with van der Waals surface area (Å²) in [4.78, 5) is 14.9. The zero-order chi connectivity index (χ0) is 15.9. The number of carbonyl (C=O) groups is 1. The van der Waals surface area contributed by atoms with Crippen LogP contribution < -0.4 is 21.1 Å². The van der Waals surface area contributed by atoms with E-state index in [0.717, 1.165) is 11.5 Å². The lowest BCUT2D eigenvalue weighted by Gasteiger charge is -2.23. The lowest BCUT2D eigenvalue weighted by atomic mass is 10.1. The van der Waals surface area contributed by atoms with Crippen LogP contribution in [-0.4, -0.2) is 31.1 Å². The fourth-order valence-electron chi connectivity index (χ4n) is 1.62. The Labute approximate surface area is 125 Å². The number of rotatable bonds is 5. The van der Waals surface area contributed by atoms with Crippen molar-refractivity contribution in [1.82, 2.24) is 10.6 Å². The molecular weight excluding hydrogens is 268 g/mol. The predicted molar refractivity (Wildman–Crippen MR) is 84.2 cm³/mol. The average Bonchev–Trinajstić information content (AvgIpc) is 2.40. The highest BCUT2D eigenvalue weighted by Crippen LogP contribution is 2.13. The third kappa shape index (κ3) is 7.20. The standard InChI is InChI=1S/C15H24N4O2/c1-15(2,3)19-14(17-4)18-9-11-6-5-7-12(8-11)21-10-13(16)20/h5-8H,9-10H2,1-4H3,(H2,16,20)(H2,17,18,19). The third-order valence-electron chi connectivity index (χ3n) is 2.46. The minimum absolute atomic E-state index is 0.0612. The van der Waals surface area contributed by atoms with Gasteiger partial charge in [0.05, 0.1) is 0 Å². The number of carbonyl (C=O) groups excluding carboxylic acids is 1. The lowest BCUT2D eigenvalue weighted by molar-refractivity contribution is -0.119. The van der Waals surface area contributed by atoms with Crippen LogP contribution in [0.5, 0.6) is 5.75 Å². The maximum Gasteiger partial charge on any atom is 0.255 e. The van der Waals surface area contributed by atoms with Gasteiger partial charge in [-0.3, -0.25) is 9.79 Å². The van der Waals surface area contributed by atoms with Crippen LogP contribution >= 0.6 is 0 Å². The van der Waals surface area contributed by atoms with Gasteiger partial charge in [-0.1, -0.05) is 12.1 Å². The summed E-state index contributed by atoms with van der Waals surface area (Å²) in [5.41, 5.74) is 6.01. The van der Waals surface area contributed by atoms with Gasteiger partial charge in [0.25, 0.3) is 5.91 Å². The molecule has 21 heavy (non-hydrogen) atoms. The second kappa shape index (κ2) is 7.52. The number of hydrogen-bond donors (Lipinski definition) is 3. The largest absolute Gasteiger partial charge is 0.484 e. The molecule has 1 aromatic rings. The molecule has 0 aliphatic rings. The Morgan fingerprint density at radius 1 is 1.38 bits per heavy atom. The van der Waals surface area contributed by atoms with Gasteiger partial charge >= 0.3 is 0 Å². The fraction of sp³-hybridized carbons (Fsp3) is 0.467. The monoisotopic (exact) mass is 292 g/mol. The Bertz CT molecular complexity index is 507. The Morgan fingerprint density at radius 3 is 2.67 bits per heavy atom.